The standard InChI is InChI=1S/C27H28N2O6/c1-3-33-23-15-14-20(16-24(23)34-4-2)27(32)28-17-26(31)35-18-25(30)29-22-13-9-8-12-21(22)19-10-6-5-7-11-19/h5-16H,3-4,17-18H2,1-2H3,(H,28,32)(H,29,30). The van der Waals surface area contributed by atoms with E-state index in [2.05, 4.69) is 10.6 Å². The first-order valence-electron chi connectivity index (χ1n) is 11.3. The topological polar surface area (TPSA) is 103 Å². The molecule has 8 heteroatoms. The quantitative estimate of drug-likeness (QED) is 0.405. The van der Waals surface area contributed by atoms with Gasteiger partial charge in [-0.2, -0.15) is 0 Å². The number of rotatable bonds is 11. The van der Waals surface area contributed by atoms with Crippen molar-refractivity contribution in [3.05, 3.63) is 78.4 Å². The van der Waals surface area contributed by atoms with Crippen LogP contribution in [0, 0.1) is 0 Å². The maximum absolute atomic E-state index is 12.4. The lowest BCUT2D eigenvalue weighted by Gasteiger charge is -2.13. The predicted octanol–water partition coefficient (Wildman–Crippen LogP) is 4.06. The fourth-order valence-corrected chi connectivity index (χ4v) is 3.29. The molecule has 35 heavy (non-hydrogen) atoms. The second-order valence-corrected chi connectivity index (χ2v) is 7.33. The number of benzene rings is 3. The van der Waals surface area contributed by atoms with Gasteiger partial charge in [0.1, 0.15) is 6.54 Å². The summed E-state index contributed by atoms with van der Waals surface area (Å²) >= 11 is 0. The van der Waals surface area contributed by atoms with Gasteiger partial charge >= 0.3 is 5.97 Å². The van der Waals surface area contributed by atoms with Crippen LogP contribution in [0.15, 0.2) is 72.8 Å². The molecular weight excluding hydrogens is 448 g/mol. The first-order chi connectivity index (χ1) is 17.0. The number of nitrogens with one attached hydrogen (secondary N) is 2. The summed E-state index contributed by atoms with van der Waals surface area (Å²) in [5.41, 5.74) is 2.71. The molecule has 2 amide bonds. The minimum Gasteiger partial charge on any atom is -0.490 e. The lowest BCUT2D eigenvalue weighted by Crippen LogP contribution is -2.32. The molecular formula is C27H28N2O6. The molecule has 0 aliphatic rings. The van der Waals surface area contributed by atoms with E-state index in [1.807, 2.05) is 62.4 Å². The van der Waals surface area contributed by atoms with Gasteiger partial charge in [-0.05, 0) is 43.7 Å². The number of esters is 1. The molecule has 0 aromatic heterocycles. The van der Waals surface area contributed by atoms with Crippen LogP contribution in [0.1, 0.15) is 24.2 Å². The Morgan fingerprint density at radius 3 is 2.23 bits per heavy atom. The molecule has 0 aliphatic heterocycles. The summed E-state index contributed by atoms with van der Waals surface area (Å²) in [5, 5.41) is 5.24. The second-order valence-electron chi connectivity index (χ2n) is 7.33. The highest BCUT2D eigenvalue weighted by atomic mass is 16.5. The molecule has 0 radical (unpaired) electrons. The van der Waals surface area contributed by atoms with E-state index in [1.54, 1.807) is 24.3 Å². The third-order valence-electron chi connectivity index (χ3n) is 4.85. The summed E-state index contributed by atoms with van der Waals surface area (Å²) in [5.74, 6) is -0.726. The number of carbonyl (C=O) groups excluding carboxylic acids is 3. The fraction of sp³-hybridized carbons (Fsp3) is 0.222. The van der Waals surface area contributed by atoms with Gasteiger partial charge in [0, 0.05) is 16.8 Å². The molecule has 0 fully saturated rings. The molecule has 0 atom stereocenters. The predicted molar refractivity (Wildman–Crippen MR) is 133 cm³/mol. The zero-order chi connectivity index (χ0) is 25.0. The molecule has 3 aromatic rings. The van der Waals surface area contributed by atoms with Gasteiger partial charge < -0.3 is 24.8 Å². The summed E-state index contributed by atoms with van der Waals surface area (Å²) < 4.78 is 16.0. The van der Waals surface area contributed by atoms with Gasteiger partial charge in [-0.25, -0.2) is 0 Å². The van der Waals surface area contributed by atoms with E-state index in [-0.39, 0.29) is 6.54 Å². The van der Waals surface area contributed by atoms with Crippen LogP contribution in [-0.2, 0) is 14.3 Å². The smallest absolute Gasteiger partial charge is 0.325 e. The number of hydrogen-bond donors (Lipinski definition) is 2. The zero-order valence-electron chi connectivity index (χ0n) is 19.7. The molecule has 3 rings (SSSR count). The Hall–Kier alpha value is -4.33. The van der Waals surface area contributed by atoms with Crippen LogP contribution in [0.3, 0.4) is 0 Å². The van der Waals surface area contributed by atoms with Gasteiger partial charge in [-0.3, -0.25) is 14.4 Å². The molecule has 0 unspecified atom stereocenters. The van der Waals surface area contributed by atoms with Crippen LogP contribution < -0.4 is 20.1 Å². The first kappa shape index (κ1) is 25.3. The number of anilines is 1. The van der Waals surface area contributed by atoms with E-state index in [0.717, 1.165) is 11.1 Å². The van der Waals surface area contributed by atoms with Crippen LogP contribution in [0.4, 0.5) is 5.69 Å². The minimum atomic E-state index is -0.735. The number of carbonyl (C=O) groups is 3. The molecule has 0 saturated carbocycles. The van der Waals surface area contributed by atoms with Crippen molar-refractivity contribution in [3.8, 4) is 22.6 Å². The average molecular weight is 477 g/mol. The fourth-order valence-electron chi connectivity index (χ4n) is 3.29. The molecule has 0 aliphatic carbocycles. The van der Waals surface area contributed by atoms with Crippen molar-refractivity contribution in [1.29, 1.82) is 0 Å². The van der Waals surface area contributed by atoms with Gasteiger partial charge in [0.05, 0.1) is 13.2 Å². The maximum atomic E-state index is 12.4. The maximum Gasteiger partial charge on any atom is 0.325 e. The van der Waals surface area contributed by atoms with Crippen LogP contribution >= 0.6 is 0 Å². The van der Waals surface area contributed by atoms with Gasteiger partial charge in [-0.1, -0.05) is 48.5 Å². The lowest BCUT2D eigenvalue weighted by molar-refractivity contribution is -0.146. The highest BCUT2D eigenvalue weighted by Crippen LogP contribution is 2.29. The van der Waals surface area contributed by atoms with Crippen LogP contribution in [0.5, 0.6) is 11.5 Å². The molecule has 0 saturated heterocycles. The Kier molecular flexibility index (Phi) is 9.24. The van der Waals surface area contributed by atoms with Crippen molar-refractivity contribution < 1.29 is 28.6 Å². The van der Waals surface area contributed by atoms with Crippen molar-refractivity contribution in [3.63, 3.8) is 0 Å². The Morgan fingerprint density at radius 2 is 1.49 bits per heavy atom. The first-order valence-corrected chi connectivity index (χ1v) is 11.3. The summed E-state index contributed by atoms with van der Waals surface area (Å²) in [6.45, 7) is 3.69. The number of para-hydroxylation sites is 1. The van der Waals surface area contributed by atoms with Crippen molar-refractivity contribution in [1.82, 2.24) is 5.32 Å². The van der Waals surface area contributed by atoms with Gasteiger partial charge in [0.2, 0.25) is 0 Å². The van der Waals surface area contributed by atoms with E-state index < -0.39 is 24.4 Å². The monoisotopic (exact) mass is 476 g/mol. The SMILES string of the molecule is CCOc1ccc(C(=O)NCC(=O)OCC(=O)Nc2ccccc2-c2ccccc2)cc1OCC. The molecule has 3 aromatic carbocycles. The van der Waals surface area contributed by atoms with Gasteiger partial charge in [0.25, 0.3) is 11.8 Å². The Bertz CT molecular complexity index is 1160. The molecule has 0 spiro atoms. The third-order valence-corrected chi connectivity index (χ3v) is 4.85. The van der Waals surface area contributed by atoms with Gasteiger partial charge in [0.15, 0.2) is 18.1 Å². The lowest BCUT2D eigenvalue weighted by atomic mass is 10.0. The summed E-state index contributed by atoms with van der Waals surface area (Å²) in [6.07, 6.45) is 0. The number of amides is 2. The second kappa shape index (κ2) is 12.8. The Labute approximate surface area is 204 Å². The largest absolute Gasteiger partial charge is 0.490 e. The van der Waals surface area contributed by atoms with Crippen molar-refractivity contribution >= 4 is 23.5 Å². The Morgan fingerprint density at radius 1 is 0.800 bits per heavy atom. The molecule has 8 nitrogen and oxygen atoms in total. The van der Waals surface area contributed by atoms with Crippen molar-refractivity contribution in [2.75, 3.05) is 31.7 Å². The Balaban J connectivity index is 1.50. The van der Waals surface area contributed by atoms with Gasteiger partial charge in [-0.15, -0.1) is 0 Å². The minimum absolute atomic E-state index is 0.306. The molecule has 2 N–H and O–H groups in total. The summed E-state index contributed by atoms with van der Waals surface area (Å²) in [4.78, 5) is 36.8. The molecule has 0 bridgehead atoms. The highest BCUT2D eigenvalue weighted by Gasteiger charge is 2.15. The summed E-state index contributed by atoms with van der Waals surface area (Å²) in [7, 11) is 0. The van der Waals surface area contributed by atoms with Crippen LogP contribution in [-0.4, -0.2) is 44.1 Å². The molecule has 0 heterocycles. The average Bonchev–Trinajstić information content (AvgIpc) is 2.88. The van der Waals surface area contributed by atoms with E-state index in [4.69, 9.17) is 14.2 Å². The zero-order valence-corrected chi connectivity index (χ0v) is 19.7. The van der Waals surface area contributed by atoms with E-state index >= 15 is 0 Å². The normalized spacial score (nSPS) is 10.2. The number of hydrogen-bond acceptors (Lipinski definition) is 6. The van der Waals surface area contributed by atoms with Crippen LogP contribution in [0.2, 0.25) is 0 Å². The van der Waals surface area contributed by atoms with Crippen molar-refractivity contribution in [2.45, 2.75) is 13.8 Å². The van der Waals surface area contributed by atoms with E-state index in [0.29, 0.717) is 36.0 Å². The molecule has 182 valence electrons. The van der Waals surface area contributed by atoms with Crippen LogP contribution in [0.25, 0.3) is 11.1 Å². The van der Waals surface area contributed by atoms with Crippen molar-refractivity contribution in [2.24, 2.45) is 0 Å². The third kappa shape index (κ3) is 7.33. The number of ether oxygens (including phenoxy) is 3. The van der Waals surface area contributed by atoms with E-state index in [9.17, 15) is 14.4 Å². The highest BCUT2D eigenvalue weighted by molar-refractivity contribution is 5.98. The summed E-state index contributed by atoms with van der Waals surface area (Å²) in [6, 6.07) is 21.7. The van der Waals surface area contributed by atoms with E-state index in [1.165, 1.54) is 0 Å².